The average Bonchev–Trinajstić information content (AvgIpc) is 2.04. The molecule has 0 saturated carbocycles. The number of likely N-dealkylation sites (N-methyl/N-ethyl adjacent to an activating group) is 1. The van der Waals surface area contributed by atoms with Crippen molar-refractivity contribution < 1.29 is 9.90 Å². The number of rotatable bonds is 2. The highest BCUT2D eigenvalue weighted by Crippen LogP contribution is 2.07. The molecule has 60 valence electrons. The molecule has 0 aromatic carbocycles. The maximum Gasteiger partial charge on any atom is 0.330 e. The molecule has 1 unspecified atom stereocenters. The molecule has 0 fully saturated rings. The molecule has 0 radical (unpaired) electrons. The minimum absolute atomic E-state index is 0.481. The zero-order valence-corrected chi connectivity index (χ0v) is 6.40. The van der Waals surface area contributed by atoms with Crippen molar-refractivity contribution in [1.29, 1.82) is 0 Å². The second kappa shape index (κ2) is 3.23. The second-order valence-electron chi connectivity index (χ2n) is 2.34. The summed E-state index contributed by atoms with van der Waals surface area (Å²) in [7, 11) is 0. The van der Waals surface area contributed by atoms with Crippen molar-refractivity contribution in [3.8, 4) is 0 Å². The van der Waals surface area contributed by atoms with Crippen LogP contribution in [0.2, 0.25) is 0 Å². The van der Waals surface area contributed by atoms with Crippen LogP contribution in [0, 0.1) is 0 Å². The Bertz CT molecular complexity index is 208. The molecule has 0 aromatic heterocycles. The number of aliphatic carboxylic acids is 1. The molecule has 3 heteroatoms. The van der Waals surface area contributed by atoms with E-state index < -0.39 is 12.0 Å². The van der Waals surface area contributed by atoms with Crippen molar-refractivity contribution in [2.45, 2.75) is 13.0 Å². The van der Waals surface area contributed by atoms with Crippen LogP contribution >= 0.6 is 0 Å². The largest absolute Gasteiger partial charge is 0.479 e. The van der Waals surface area contributed by atoms with E-state index >= 15 is 0 Å². The van der Waals surface area contributed by atoms with E-state index in [0.717, 1.165) is 6.54 Å². The molecular formula is C8H11NO2. The summed E-state index contributed by atoms with van der Waals surface area (Å²) >= 11 is 0. The van der Waals surface area contributed by atoms with Crippen LogP contribution in [-0.2, 0) is 4.79 Å². The number of hydrogen-bond donors (Lipinski definition) is 1. The molecule has 0 spiro atoms. The monoisotopic (exact) mass is 153 g/mol. The highest BCUT2D eigenvalue weighted by atomic mass is 16.4. The van der Waals surface area contributed by atoms with Crippen LogP contribution in [0.25, 0.3) is 0 Å². The number of carbonyl (C=O) groups is 1. The lowest BCUT2D eigenvalue weighted by Gasteiger charge is -2.25. The van der Waals surface area contributed by atoms with Gasteiger partial charge in [-0.1, -0.05) is 12.2 Å². The predicted octanol–water partition coefficient (Wildman–Crippen LogP) is 0.845. The van der Waals surface area contributed by atoms with Gasteiger partial charge in [0.1, 0.15) is 6.04 Å². The van der Waals surface area contributed by atoms with Gasteiger partial charge >= 0.3 is 5.97 Å². The first-order chi connectivity index (χ1) is 5.25. The van der Waals surface area contributed by atoms with E-state index in [9.17, 15) is 4.79 Å². The van der Waals surface area contributed by atoms with Gasteiger partial charge in [0.05, 0.1) is 0 Å². The van der Waals surface area contributed by atoms with Gasteiger partial charge in [-0.25, -0.2) is 4.79 Å². The van der Waals surface area contributed by atoms with E-state index in [0.29, 0.717) is 0 Å². The van der Waals surface area contributed by atoms with Gasteiger partial charge in [-0.2, -0.15) is 0 Å². The van der Waals surface area contributed by atoms with Crippen LogP contribution in [0.3, 0.4) is 0 Å². The van der Waals surface area contributed by atoms with Crippen molar-refractivity contribution in [2.24, 2.45) is 0 Å². The number of hydrogen-bond acceptors (Lipinski definition) is 2. The summed E-state index contributed by atoms with van der Waals surface area (Å²) in [6.07, 6.45) is 7.05. The average molecular weight is 153 g/mol. The number of nitrogens with zero attached hydrogens (tertiary/aromatic N) is 1. The Hall–Kier alpha value is -1.25. The molecule has 11 heavy (non-hydrogen) atoms. The fourth-order valence-electron chi connectivity index (χ4n) is 1.06. The van der Waals surface area contributed by atoms with Crippen molar-refractivity contribution in [3.05, 3.63) is 24.4 Å². The van der Waals surface area contributed by atoms with Gasteiger partial charge in [0.15, 0.2) is 0 Å². The Morgan fingerprint density at radius 2 is 2.36 bits per heavy atom. The van der Waals surface area contributed by atoms with Gasteiger partial charge in [0, 0.05) is 12.7 Å². The highest BCUT2D eigenvalue weighted by Gasteiger charge is 2.19. The second-order valence-corrected chi connectivity index (χ2v) is 2.34. The summed E-state index contributed by atoms with van der Waals surface area (Å²) in [5.41, 5.74) is 0. The van der Waals surface area contributed by atoms with Crippen molar-refractivity contribution in [3.63, 3.8) is 0 Å². The van der Waals surface area contributed by atoms with Gasteiger partial charge in [-0.05, 0) is 13.0 Å². The maximum atomic E-state index is 10.6. The Morgan fingerprint density at radius 3 is 2.82 bits per heavy atom. The van der Waals surface area contributed by atoms with E-state index in [-0.39, 0.29) is 0 Å². The van der Waals surface area contributed by atoms with Gasteiger partial charge < -0.3 is 10.0 Å². The van der Waals surface area contributed by atoms with Crippen molar-refractivity contribution in [1.82, 2.24) is 4.90 Å². The Morgan fingerprint density at radius 1 is 1.64 bits per heavy atom. The minimum Gasteiger partial charge on any atom is -0.479 e. The predicted molar refractivity (Wildman–Crippen MR) is 42.1 cm³/mol. The van der Waals surface area contributed by atoms with Crippen LogP contribution in [0.4, 0.5) is 0 Å². The summed E-state index contributed by atoms with van der Waals surface area (Å²) in [5.74, 6) is -0.799. The topological polar surface area (TPSA) is 40.5 Å². The van der Waals surface area contributed by atoms with Gasteiger partial charge in [-0.3, -0.25) is 0 Å². The molecule has 1 rings (SSSR count). The summed E-state index contributed by atoms with van der Waals surface area (Å²) in [5, 5.41) is 8.71. The lowest BCUT2D eigenvalue weighted by Crippen LogP contribution is -2.36. The number of carboxylic acid groups (broad SMARTS) is 1. The fraction of sp³-hybridized carbons (Fsp3) is 0.375. The van der Waals surface area contributed by atoms with E-state index in [2.05, 4.69) is 0 Å². The van der Waals surface area contributed by atoms with E-state index in [4.69, 9.17) is 5.11 Å². The molecule has 0 amide bonds. The molecule has 3 nitrogen and oxygen atoms in total. The summed E-state index contributed by atoms with van der Waals surface area (Å²) in [6, 6.07) is -0.481. The lowest BCUT2D eigenvalue weighted by atomic mass is 10.2. The SMILES string of the molecule is CCN1C=CC=CC1C(=O)O. The zero-order valence-electron chi connectivity index (χ0n) is 6.40. The number of carboxylic acids is 1. The Labute approximate surface area is 65.6 Å². The summed E-state index contributed by atoms with van der Waals surface area (Å²) in [4.78, 5) is 12.4. The molecule has 0 bridgehead atoms. The van der Waals surface area contributed by atoms with Gasteiger partial charge in [-0.15, -0.1) is 0 Å². The molecule has 1 N–H and O–H groups in total. The van der Waals surface area contributed by atoms with E-state index in [1.807, 2.05) is 13.0 Å². The standard InChI is InChI=1S/C8H11NO2/c1-2-9-6-4-3-5-7(9)8(10)11/h3-7H,2H2,1H3,(H,10,11). The third kappa shape index (κ3) is 1.61. The third-order valence-electron chi connectivity index (χ3n) is 1.66. The van der Waals surface area contributed by atoms with Crippen LogP contribution in [-0.4, -0.2) is 28.6 Å². The molecule has 1 atom stereocenters. The normalized spacial score (nSPS) is 22.3. The van der Waals surface area contributed by atoms with E-state index in [1.54, 1.807) is 23.3 Å². The van der Waals surface area contributed by atoms with Crippen LogP contribution in [0.1, 0.15) is 6.92 Å². The smallest absolute Gasteiger partial charge is 0.330 e. The highest BCUT2D eigenvalue weighted by molar-refractivity contribution is 5.76. The van der Waals surface area contributed by atoms with Crippen LogP contribution < -0.4 is 0 Å². The molecule has 1 aliphatic heterocycles. The Balaban J connectivity index is 2.70. The van der Waals surface area contributed by atoms with Crippen molar-refractivity contribution in [2.75, 3.05) is 6.54 Å². The first-order valence-electron chi connectivity index (χ1n) is 3.59. The first-order valence-corrected chi connectivity index (χ1v) is 3.59. The molecule has 0 aromatic rings. The maximum absolute atomic E-state index is 10.6. The molecule has 0 saturated heterocycles. The third-order valence-corrected chi connectivity index (χ3v) is 1.66. The number of allylic oxidation sites excluding steroid dienone is 2. The molecule has 0 aliphatic carbocycles. The zero-order chi connectivity index (χ0) is 8.27. The van der Waals surface area contributed by atoms with Crippen LogP contribution in [0.5, 0.6) is 0 Å². The summed E-state index contributed by atoms with van der Waals surface area (Å²) in [6.45, 7) is 2.65. The fourth-order valence-corrected chi connectivity index (χ4v) is 1.06. The van der Waals surface area contributed by atoms with Gasteiger partial charge in [0.2, 0.25) is 0 Å². The van der Waals surface area contributed by atoms with E-state index in [1.165, 1.54) is 0 Å². The Kier molecular flexibility index (Phi) is 2.31. The molecular weight excluding hydrogens is 142 g/mol. The molecule has 1 aliphatic rings. The quantitative estimate of drug-likeness (QED) is 0.639. The summed E-state index contributed by atoms with van der Waals surface area (Å²) < 4.78 is 0. The first kappa shape index (κ1) is 7.85. The minimum atomic E-state index is -0.799. The van der Waals surface area contributed by atoms with Crippen LogP contribution in [0.15, 0.2) is 24.4 Å². The van der Waals surface area contributed by atoms with Gasteiger partial charge in [0.25, 0.3) is 0 Å². The lowest BCUT2D eigenvalue weighted by molar-refractivity contribution is -0.140. The molecule has 1 heterocycles. The van der Waals surface area contributed by atoms with Crippen molar-refractivity contribution >= 4 is 5.97 Å².